The molecule has 2 aromatic rings. The van der Waals surface area contributed by atoms with Crippen LogP contribution in [0.2, 0.25) is 0 Å². The lowest BCUT2D eigenvalue weighted by Gasteiger charge is -2.39. The molecule has 9 heteroatoms. The van der Waals surface area contributed by atoms with E-state index in [4.69, 9.17) is 4.74 Å². The molecule has 3 amide bonds. The number of carbonyl (C=O) groups excluding carboxylic acids is 3. The maximum atomic E-state index is 14.5. The zero-order valence-electron chi connectivity index (χ0n) is 25.7. The van der Waals surface area contributed by atoms with E-state index in [0.717, 1.165) is 12.8 Å². The Morgan fingerprint density at radius 3 is 2.17 bits per heavy atom. The van der Waals surface area contributed by atoms with Crippen LogP contribution in [0, 0.1) is 6.92 Å². The molecule has 0 radical (unpaired) electrons. The number of aromatic hydroxyl groups is 2. The monoisotopic (exact) mass is 569 g/mol. The third-order valence-corrected chi connectivity index (χ3v) is 6.89. The van der Waals surface area contributed by atoms with Crippen molar-refractivity contribution in [2.24, 2.45) is 0 Å². The van der Waals surface area contributed by atoms with Gasteiger partial charge in [0.15, 0.2) is 0 Å². The van der Waals surface area contributed by atoms with Gasteiger partial charge < -0.3 is 30.5 Å². The maximum absolute atomic E-state index is 14.5. The fourth-order valence-corrected chi connectivity index (χ4v) is 4.64. The zero-order valence-corrected chi connectivity index (χ0v) is 25.7. The summed E-state index contributed by atoms with van der Waals surface area (Å²) < 4.78 is 5.47. The number of hydrogen-bond donors (Lipinski definition) is 4. The van der Waals surface area contributed by atoms with Gasteiger partial charge in [-0.1, -0.05) is 50.6 Å². The summed E-state index contributed by atoms with van der Waals surface area (Å²) in [4.78, 5) is 42.8. The van der Waals surface area contributed by atoms with E-state index < -0.39 is 41.6 Å². The van der Waals surface area contributed by atoms with Gasteiger partial charge >= 0.3 is 6.09 Å². The highest BCUT2D eigenvalue weighted by atomic mass is 16.6. The number of benzene rings is 2. The summed E-state index contributed by atoms with van der Waals surface area (Å²) in [6.45, 7) is 14.6. The molecule has 0 aliphatic rings. The second-order valence-corrected chi connectivity index (χ2v) is 11.7. The Bertz CT molecular complexity index is 1170. The molecule has 0 aliphatic heterocycles. The van der Waals surface area contributed by atoms with E-state index >= 15 is 0 Å². The Balaban J connectivity index is 2.65. The summed E-state index contributed by atoms with van der Waals surface area (Å²) in [7, 11) is 0. The van der Waals surface area contributed by atoms with Crippen LogP contribution >= 0.6 is 0 Å². The minimum Gasteiger partial charge on any atom is -0.508 e. The van der Waals surface area contributed by atoms with Crippen molar-refractivity contribution < 1.29 is 29.3 Å². The first kappa shape index (κ1) is 33.5. The molecule has 41 heavy (non-hydrogen) atoms. The second kappa shape index (κ2) is 14.8. The second-order valence-electron chi connectivity index (χ2n) is 11.7. The van der Waals surface area contributed by atoms with Crippen LogP contribution in [0.4, 0.5) is 4.79 Å². The van der Waals surface area contributed by atoms with Crippen LogP contribution in [0.25, 0.3) is 0 Å². The first-order valence-electron chi connectivity index (χ1n) is 14.4. The number of nitrogens with one attached hydrogen (secondary N) is 2. The molecule has 226 valence electrons. The van der Waals surface area contributed by atoms with Crippen molar-refractivity contribution in [1.29, 1.82) is 0 Å². The Kier molecular flexibility index (Phi) is 12.0. The number of alkyl carbamates (subject to hydrolysis) is 1. The molecule has 0 fully saturated rings. The topological polar surface area (TPSA) is 128 Å². The molecule has 0 aliphatic carbocycles. The van der Waals surface area contributed by atoms with Gasteiger partial charge in [0.25, 0.3) is 0 Å². The molecule has 0 saturated heterocycles. The van der Waals surface area contributed by atoms with Crippen LogP contribution in [0.3, 0.4) is 0 Å². The summed E-state index contributed by atoms with van der Waals surface area (Å²) in [5, 5.41) is 26.6. The number of carbonyl (C=O) groups is 3. The fourth-order valence-electron chi connectivity index (χ4n) is 4.64. The number of phenolic OH excluding ortho intramolecular Hbond substituents is 2. The van der Waals surface area contributed by atoms with Crippen molar-refractivity contribution in [3.05, 3.63) is 59.2 Å². The molecule has 2 aromatic carbocycles. The van der Waals surface area contributed by atoms with Crippen LogP contribution in [-0.2, 0) is 20.7 Å². The van der Waals surface area contributed by atoms with Crippen molar-refractivity contribution in [2.75, 3.05) is 0 Å². The fraction of sp³-hybridized carbons (Fsp3) is 0.531. The van der Waals surface area contributed by atoms with Crippen molar-refractivity contribution in [2.45, 2.75) is 111 Å². The highest BCUT2D eigenvalue weighted by Crippen LogP contribution is 2.34. The normalized spacial score (nSPS) is 14.3. The number of nitrogens with zero attached hydrogens (tertiary/aromatic N) is 1. The average molecular weight is 570 g/mol. The summed E-state index contributed by atoms with van der Waals surface area (Å²) in [5.41, 5.74) is 0.779. The highest BCUT2D eigenvalue weighted by molar-refractivity contribution is 5.93. The molecule has 2 rings (SSSR count). The van der Waals surface area contributed by atoms with E-state index in [0.29, 0.717) is 23.1 Å². The number of para-hydroxylation sites is 1. The lowest BCUT2D eigenvalue weighted by atomic mass is 9.95. The van der Waals surface area contributed by atoms with Gasteiger partial charge in [0.1, 0.15) is 29.2 Å². The van der Waals surface area contributed by atoms with Crippen molar-refractivity contribution in [3.63, 3.8) is 0 Å². The number of hydrogen-bond acceptors (Lipinski definition) is 6. The summed E-state index contributed by atoms with van der Waals surface area (Å²) in [6.07, 6.45) is 1.45. The van der Waals surface area contributed by atoms with Gasteiger partial charge in [0.05, 0.1) is 0 Å². The molecule has 0 saturated carbocycles. The Labute approximate surface area is 244 Å². The molecule has 0 spiro atoms. The zero-order chi connectivity index (χ0) is 30.9. The number of amides is 3. The first-order chi connectivity index (χ1) is 19.2. The van der Waals surface area contributed by atoms with Gasteiger partial charge in [-0.2, -0.15) is 0 Å². The number of phenols is 2. The van der Waals surface area contributed by atoms with E-state index in [1.807, 2.05) is 27.7 Å². The molecule has 0 heterocycles. The van der Waals surface area contributed by atoms with Gasteiger partial charge in [-0.15, -0.1) is 0 Å². The molecule has 4 unspecified atom stereocenters. The van der Waals surface area contributed by atoms with Gasteiger partial charge in [-0.3, -0.25) is 9.59 Å². The van der Waals surface area contributed by atoms with Crippen LogP contribution < -0.4 is 10.6 Å². The molecule has 0 aromatic heterocycles. The van der Waals surface area contributed by atoms with Gasteiger partial charge in [0, 0.05) is 24.1 Å². The van der Waals surface area contributed by atoms with E-state index in [-0.39, 0.29) is 24.0 Å². The minimum atomic E-state index is -1.15. The number of rotatable bonds is 12. The maximum Gasteiger partial charge on any atom is 0.408 e. The molecule has 4 N–H and O–H groups in total. The Hall–Kier alpha value is -3.75. The Morgan fingerprint density at radius 2 is 1.61 bits per heavy atom. The highest BCUT2D eigenvalue weighted by Gasteiger charge is 2.40. The predicted octanol–water partition coefficient (Wildman–Crippen LogP) is 5.52. The van der Waals surface area contributed by atoms with E-state index in [2.05, 4.69) is 10.6 Å². The summed E-state index contributed by atoms with van der Waals surface area (Å²) in [6, 6.07) is 8.65. The number of aryl methyl sites for hydroxylation is 1. The van der Waals surface area contributed by atoms with Crippen molar-refractivity contribution in [1.82, 2.24) is 15.5 Å². The molecule has 4 atom stereocenters. The van der Waals surface area contributed by atoms with Crippen LogP contribution in [0.1, 0.15) is 90.5 Å². The predicted molar refractivity (Wildman–Crippen MR) is 160 cm³/mol. The van der Waals surface area contributed by atoms with E-state index in [1.165, 1.54) is 17.0 Å². The summed E-state index contributed by atoms with van der Waals surface area (Å²) >= 11 is 0. The lowest BCUT2D eigenvalue weighted by molar-refractivity contribution is -0.145. The van der Waals surface area contributed by atoms with Crippen LogP contribution in [0.15, 0.2) is 42.5 Å². The third kappa shape index (κ3) is 9.69. The van der Waals surface area contributed by atoms with Gasteiger partial charge in [-0.05, 0) is 77.6 Å². The third-order valence-electron chi connectivity index (χ3n) is 6.89. The standard InChI is InChI=1S/C32H47N3O6/c1-9-12-21(4)33-29(38)27(25-14-11-13-20(3)28(25)37)35(22(5)10-2)30(39)26(34-31(40)41-32(6,7)8)19-23-15-17-24(36)18-16-23/h11,13-18,21-22,26-27,36-37H,9-10,12,19H2,1-8H3,(H,33,38)(H,34,40). The minimum absolute atomic E-state index is 0.0629. The first-order valence-corrected chi connectivity index (χ1v) is 14.4. The van der Waals surface area contributed by atoms with Crippen molar-refractivity contribution in [3.8, 4) is 11.5 Å². The van der Waals surface area contributed by atoms with Crippen molar-refractivity contribution >= 4 is 17.9 Å². The van der Waals surface area contributed by atoms with Crippen LogP contribution in [0.5, 0.6) is 11.5 Å². The molecular formula is C32H47N3O6. The Morgan fingerprint density at radius 1 is 0.976 bits per heavy atom. The SMILES string of the molecule is CCCC(C)NC(=O)C(c1cccc(C)c1O)N(C(=O)C(Cc1ccc(O)cc1)NC(=O)OC(C)(C)C)C(C)CC. The smallest absolute Gasteiger partial charge is 0.408 e. The van der Waals surface area contributed by atoms with Crippen LogP contribution in [-0.4, -0.2) is 56.7 Å². The number of ether oxygens (including phenoxy) is 1. The van der Waals surface area contributed by atoms with Gasteiger partial charge in [-0.25, -0.2) is 4.79 Å². The largest absolute Gasteiger partial charge is 0.508 e. The quantitative estimate of drug-likeness (QED) is 0.267. The summed E-state index contributed by atoms with van der Waals surface area (Å²) in [5.74, 6) is -0.901. The molecule has 0 bridgehead atoms. The molecule has 9 nitrogen and oxygen atoms in total. The molecular weight excluding hydrogens is 522 g/mol. The lowest BCUT2D eigenvalue weighted by Crippen LogP contribution is -2.56. The van der Waals surface area contributed by atoms with E-state index in [1.54, 1.807) is 58.0 Å². The average Bonchev–Trinajstić information content (AvgIpc) is 2.88. The van der Waals surface area contributed by atoms with E-state index in [9.17, 15) is 24.6 Å². The van der Waals surface area contributed by atoms with Gasteiger partial charge in [0.2, 0.25) is 11.8 Å².